The third-order valence-corrected chi connectivity index (χ3v) is 3.46. The largest absolute Gasteiger partial charge is 0.484 e. The normalized spacial score (nSPS) is 13.0. The number of aliphatic hydroxyl groups excluding tert-OH is 1. The van der Waals surface area contributed by atoms with Crippen LogP contribution in [0, 0.1) is 0 Å². The highest BCUT2D eigenvalue weighted by atomic mass is 16.5. The lowest BCUT2D eigenvalue weighted by atomic mass is 10.1. The summed E-state index contributed by atoms with van der Waals surface area (Å²) in [5.41, 5.74) is 2.74. The van der Waals surface area contributed by atoms with E-state index in [4.69, 9.17) is 14.6 Å². The smallest absolute Gasteiger partial charge is 0.257 e. The number of fused-ring (bicyclic) bond motifs is 1. The molecule has 5 heteroatoms. The molecule has 21 heavy (non-hydrogen) atoms. The molecule has 116 valence electrons. The van der Waals surface area contributed by atoms with Crippen LogP contribution in [0.5, 0.6) is 5.75 Å². The van der Waals surface area contributed by atoms with Crippen LogP contribution in [-0.2, 0) is 22.4 Å². The number of ether oxygens (including phenoxy) is 2. The van der Waals surface area contributed by atoms with Crippen LogP contribution in [0.3, 0.4) is 0 Å². The van der Waals surface area contributed by atoms with Crippen molar-refractivity contribution in [3.05, 3.63) is 29.3 Å². The summed E-state index contributed by atoms with van der Waals surface area (Å²) < 4.78 is 10.6. The molecule has 0 spiro atoms. The highest BCUT2D eigenvalue weighted by molar-refractivity contribution is 5.77. The first-order valence-corrected chi connectivity index (χ1v) is 7.49. The number of carbonyl (C=O) groups is 1. The van der Waals surface area contributed by atoms with Crippen LogP contribution in [0.25, 0.3) is 0 Å². The number of hydrogen-bond acceptors (Lipinski definition) is 4. The Morgan fingerprint density at radius 1 is 1.24 bits per heavy atom. The molecule has 1 aromatic rings. The Balaban J connectivity index is 1.60. The molecule has 1 aliphatic carbocycles. The number of benzene rings is 1. The van der Waals surface area contributed by atoms with Crippen LogP contribution in [0.1, 0.15) is 24.0 Å². The molecule has 0 saturated heterocycles. The highest BCUT2D eigenvalue weighted by Gasteiger charge is 2.11. The maximum absolute atomic E-state index is 11.6. The molecule has 0 heterocycles. The van der Waals surface area contributed by atoms with Gasteiger partial charge >= 0.3 is 0 Å². The van der Waals surface area contributed by atoms with Crippen molar-refractivity contribution in [2.24, 2.45) is 0 Å². The van der Waals surface area contributed by atoms with E-state index >= 15 is 0 Å². The third-order valence-electron chi connectivity index (χ3n) is 3.46. The van der Waals surface area contributed by atoms with Gasteiger partial charge in [0.25, 0.3) is 5.91 Å². The summed E-state index contributed by atoms with van der Waals surface area (Å²) in [5.74, 6) is 0.634. The van der Waals surface area contributed by atoms with Gasteiger partial charge in [0.2, 0.25) is 0 Å². The Kier molecular flexibility index (Phi) is 6.50. The fourth-order valence-corrected chi connectivity index (χ4v) is 2.41. The molecule has 0 aromatic heterocycles. The van der Waals surface area contributed by atoms with Crippen molar-refractivity contribution >= 4 is 5.91 Å². The summed E-state index contributed by atoms with van der Waals surface area (Å²) in [6.07, 6.45) is 4.18. The van der Waals surface area contributed by atoms with E-state index in [1.54, 1.807) is 0 Å². The molecule has 0 fully saturated rings. The average molecular weight is 293 g/mol. The van der Waals surface area contributed by atoms with Crippen molar-refractivity contribution in [3.8, 4) is 5.75 Å². The molecular weight excluding hydrogens is 270 g/mol. The van der Waals surface area contributed by atoms with Crippen LogP contribution in [-0.4, -0.2) is 44.0 Å². The lowest BCUT2D eigenvalue weighted by molar-refractivity contribution is -0.123. The third kappa shape index (κ3) is 5.36. The van der Waals surface area contributed by atoms with E-state index in [1.165, 1.54) is 17.5 Å². The number of aryl methyl sites for hydroxylation is 2. The molecule has 2 rings (SSSR count). The fourth-order valence-electron chi connectivity index (χ4n) is 2.41. The quantitative estimate of drug-likeness (QED) is 0.668. The first kappa shape index (κ1) is 15.8. The van der Waals surface area contributed by atoms with Gasteiger partial charge in [0.15, 0.2) is 6.61 Å². The number of rotatable bonds is 9. The summed E-state index contributed by atoms with van der Waals surface area (Å²) >= 11 is 0. The Morgan fingerprint density at radius 2 is 2.10 bits per heavy atom. The zero-order valence-corrected chi connectivity index (χ0v) is 12.3. The van der Waals surface area contributed by atoms with Crippen molar-refractivity contribution in [1.29, 1.82) is 0 Å². The predicted octanol–water partition coefficient (Wildman–Crippen LogP) is 1.07. The molecule has 1 aromatic carbocycles. The van der Waals surface area contributed by atoms with Gasteiger partial charge in [-0.05, 0) is 48.9 Å². The van der Waals surface area contributed by atoms with Crippen LogP contribution < -0.4 is 10.1 Å². The Hall–Kier alpha value is -1.59. The highest BCUT2D eigenvalue weighted by Crippen LogP contribution is 2.25. The molecule has 0 bridgehead atoms. The van der Waals surface area contributed by atoms with E-state index in [-0.39, 0.29) is 19.1 Å². The first-order valence-electron chi connectivity index (χ1n) is 7.49. The number of carbonyl (C=O) groups excluding carboxylic acids is 1. The first-order chi connectivity index (χ1) is 10.3. The number of hydrogen-bond donors (Lipinski definition) is 2. The van der Waals surface area contributed by atoms with Crippen molar-refractivity contribution in [1.82, 2.24) is 5.32 Å². The molecule has 2 N–H and O–H groups in total. The van der Waals surface area contributed by atoms with Gasteiger partial charge in [-0.2, -0.15) is 0 Å². The second kappa shape index (κ2) is 8.64. The van der Waals surface area contributed by atoms with E-state index in [2.05, 4.69) is 11.4 Å². The van der Waals surface area contributed by atoms with Crippen LogP contribution >= 0.6 is 0 Å². The van der Waals surface area contributed by atoms with Gasteiger partial charge in [-0.25, -0.2) is 0 Å². The molecule has 0 saturated carbocycles. The minimum Gasteiger partial charge on any atom is -0.484 e. The van der Waals surface area contributed by atoms with E-state index < -0.39 is 0 Å². The molecule has 0 atom stereocenters. The lowest BCUT2D eigenvalue weighted by Crippen LogP contribution is -2.30. The minimum atomic E-state index is -0.127. The van der Waals surface area contributed by atoms with Crippen molar-refractivity contribution in [2.45, 2.75) is 25.7 Å². The van der Waals surface area contributed by atoms with Gasteiger partial charge in [0.1, 0.15) is 5.75 Å². The number of aliphatic hydroxyl groups is 1. The van der Waals surface area contributed by atoms with Crippen molar-refractivity contribution in [3.63, 3.8) is 0 Å². The van der Waals surface area contributed by atoms with Crippen molar-refractivity contribution < 1.29 is 19.4 Å². The Labute approximate surface area is 125 Å². The standard InChI is InChI=1S/C16H23NO4/c18-8-10-20-9-2-7-17-16(19)12-21-15-6-5-13-3-1-4-14(13)11-15/h5-6,11,18H,1-4,7-10,12H2,(H,17,19). The average Bonchev–Trinajstić information content (AvgIpc) is 2.96. The van der Waals surface area contributed by atoms with E-state index in [9.17, 15) is 4.79 Å². The lowest BCUT2D eigenvalue weighted by Gasteiger charge is -2.09. The summed E-state index contributed by atoms with van der Waals surface area (Å²) in [4.78, 5) is 11.6. The van der Waals surface area contributed by atoms with Gasteiger partial charge in [0, 0.05) is 13.2 Å². The van der Waals surface area contributed by atoms with E-state index in [1.807, 2.05) is 12.1 Å². The molecule has 5 nitrogen and oxygen atoms in total. The van der Waals surface area contributed by atoms with Crippen molar-refractivity contribution in [2.75, 3.05) is 33.0 Å². The fraction of sp³-hybridized carbons (Fsp3) is 0.562. The second-order valence-electron chi connectivity index (χ2n) is 5.11. The zero-order chi connectivity index (χ0) is 14.9. The molecule has 1 aliphatic rings. The van der Waals surface area contributed by atoms with Crippen LogP contribution in [0.15, 0.2) is 18.2 Å². The minimum absolute atomic E-state index is 0.0287. The van der Waals surface area contributed by atoms with Gasteiger partial charge in [-0.3, -0.25) is 4.79 Å². The maximum atomic E-state index is 11.6. The van der Waals surface area contributed by atoms with Gasteiger partial charge in [-0.1, -0.05) is 6.07 Å². The maximum Gasteiger partial charge on any atom is 0.257 e. The summed E-state index contributed by atoms with van der Waals surface area (Å²) in [7, 11) is 0. The van der Waals surface area contributed by atoms with Crippen LogP contribution in [0.2, 0.25) is 0 Å². The number of amides is 1. The monoisotopic (exact) mass is 293 g/mol. The summed E-state index contributed by atoms with van der Waals surface area (Å²) in [6, 6.07) is 6.06. The summed E-state index contributed by atoms with van der Waals surface area (Å²) in [6.45, 7) is 1.50. The Bertz CT molecular complexity index is 462. The zero-order valence-electron chi connectivity index (χ0n) is 12.3. The van der Waals surface area contributed by atoms with E-state index in [0.29, 0.717) is 19.8 Å². The van der Waals surface area contributed by atoms with Gasteiger partial charge < -0.3 is 19.9 Å². The molecule has 0 radical (unpaired) electrons. The molecule has 0 aliphatic heterocycles. The number of nitrogens with one attached hydrogen (secondary N) is 1. The Morgan fingerprint density at radius 3 is 2.95 bits per heavy atom. The molecule has 1 amide bonds. The van der Waals surface area contributed by atoms with Gasteiger partial charge in [0.05, 0.1) is 13.2 Å². The predicted molar refractivity (Wildman–Crippen MR) is 79.5 cm³/mol. The topological polar surface area (TPSA) is 67.8 Å². The SMILES string of the molecule is O=C(COc1ccc2c(c1)CCC2)NCCCOCCO. The van der Waals surface area contributed by atoms with Crippen LogP contribution in [0.4, 0.5) is 0 Å². The van der Waals surface area contributed by atoms with Gasteiger partial charge in [-0.15, -0.1) is 0 Å². The molecular formula is C16H23NO4. The summed E-state index contributed by atoms with van der Waals surface area (Å²) in [5, 5.41) is 11.3. The molecule has 0 unspecified atom stereocenters. The second-order valence-corrected chi connectivity index (χ2v) is 5.11. The van der Waals surface area contributed by atoms with E-state index in [0.717, 1.165) is 25.0 Å².